The van der Waals surface area contributed by atoms with Crippen LogP contribution < -0.4 is 0 Å². The summed E-state index contributed by atoms with van der Waals surface area (Å²) in [5, 5.41) is 8.47. The molecule has 0 aliphatic rings. The lowest BCUT2D eigenvalue weighted by atomic mass is 10.1. The molecule has 14 aromatic carbocycles. The molecule has 0 fully saturated rings. The zero-order chi connectivity index (χ0) is 62.4. The van der Waals surface area contributed by atoms with Crippen molar-refractivity contribution in [2.75, 3.05) is 0 Å². The number of aromatic nitrogens is 8. The highest BCUT2D eigenvalue weighted by Gasteiger charge is 2.15. The van der Waals surface area contributed by atoms with Gasteiger partial charge in [-0.05, 0) is 191 Å². The molecule has 18 heterocycles. The standard InChI is InChI=1S/C76H48N8.2CHCl3/c1-5-13-53(14-6-1)81-57-25-27-58(28-26-57)82(54-15-7-2-8-16-54)62-34-38-67-50(46-62)22-43-71-75(67)80-76-68-40-36-64(48-52(68)24-44-72(76)78-71)84(56-19-11-4-12-20-56)60-31-29-59(30-32-60)83(55-17-9-3-10-18-55)63-35-39-66-51(47-63)23-42-70-74(66)79-73-65-37-33-61(81)45-49(65)21-41-69(73)77-70;2*2-1(3)4/h1-48H;2*1H. The third kappa shape index (κ3) is 11.4. The van der Waals surface area contributed by atoms with Gasteiger partial charge in [0, 0.05) is 88.4 Å². The molecule has 0 aliphatic heterocycles. The summed E-state index contributed by atoms with van der Waals surface area (Å²) in [4.78, 5) is 21.5. The molecule has 0 atom stereocenters. The predicted molar refractivity (Wildman–Crippen MR) is 392 cm³/mol. The molecule has 0 radical (unpaired) electrons. The van der Waals surface area contributed by atoms with E-state index < -0.39 is 8.59 Å². The van der Waals surface area contributed by atoms with Gasteiger partial charge in [0.1, 0.15) is 0 Å². The van der Waals surface area contributed by atoms with E-state index in [-0.39, 0.29) is 0 Å². The minimum absolute atomic E-state index is 0.750. The number of rotatable bonds is 4. The number of halogens is 6. The fourth-order valence-electron chi connectivity index (χ4n) is 12.6. The largest absolute Gasteiger partial charge is 0.310 e. The smallest absolute Gasteiger partial charge is 0.180 e. The Morgan fingerprint density at radius 2 is 0.402 bits per heavy atom. The van der Waals surface area contributed by atoms with Gasteiger partial charge in [0.05, 0.1) is 44.1 Å². The van der Waals surface area contributed by atoms with E-state index >= 15 is 0 Å². The molecular formula is C78H50Cl6N8. The van der Waals surface area contributed by atoms with E-state index in [1.165, 1.54) is 0 Å². The van der Waals surface area contributed by atoms with Crippen molar-refractivity contribution in [2.45, 2.75) is 8.59 Å². The second-order valence-electron chi connectivity index (χ2n) is 22.0. The van der Waals surface area contributed by atoms with Crippen molar-refractivity contribution in [1.82, 2.24) is 38.2 Å². The van der Waals surface area contributed by atoms with Crippen LogP contribution in [0.3, 0.4) is 0 Å². The summed E-state index contributed by atoms with van der Waals surface area (Å²) in [7, 11) is 0. The molecule has 0 unspecified atom stereocenters. The molecule has 32 rings (SSSR count). The topological polar surface area (TPSA) is 71.3 Å². The van der Waals surface area contributed by atoms with Gasteiger partial charge in [0.25, 0.3) is 0 Å². The van der Waals surface area contributed by atoms with E-state index in [0.29, 0.717) is 0 Å². The van der Waals surface area contributed by atoms with Crippen LogP contribution in [0, 0.1) is 0 Å². The van der Waals surface area contributed by atoms with Gasteiger partial charge < -0.3 is 18.3 Å². The van der Waals surface area contributed by atoms with Crippen LogP contribution in [0.25, 0.3) is 154 Å². The second-order valence-corrected chi connectivity index (χ2v) is 26.0. The summed E-state index contributed by atoms with van der Waals surface area (Å²) in [5.41, 5.74) is 19.4. The Balaban J connectivity index is 0.000000833. The van der Waals surface area contributed by atoms with Crippen LogP contribution in [0.2, 0.25) is 0 Å². The highest BCUT2D eigenvalue weighted by atomic mass is 35.6. The Morgan fingerprint density at radius 1 is 0.207 bits per heavy atom. The van der Waals surface area contributed by atoms with Crippen LogP contribution in [-0.2, 0) is 0 Å². The molecule has 0 saturated carbocycles. The van der Waals surface area contributed by atoms with Crippen molar-refractivity contribution in [1.29, 1.82) is 0 Å². The van der Waals surface area contributed by atoms with Crippen LogP contribution in [0.4, 0.5) is 0 Å². The zero-order valence-corrected chi connectivity index (χ0v) is 53.2. The first-order valence-corrected chi connectivity index (χ1v) is 32.3. The normalized spacial score (nSPS) is 11.6. The highest BCUT2D eigenvalue weighted by Crippen LogP contribution is 2.35. The lowest BCUT2D eigenvalue weighted by molar-refractivity contribution is 1.14. The lowest BCUT2D eigenvalue weighted by Gasteiger charge is -2.15. The summed E-state index contributed by atoms with van der Waals surface area (Å²) in [6.07, 6.45) is 0. The molecule has 0 N–H and O–H groups in total. The Bertz CT molecular complexity index is 5120. The minimum Gasteiger partial charge on any atom is -0.310 e. The van der Waals surface area contributed by atoms with E-state index in [1.807, 2.05) is 0 Å². The second kappa shape index (κ2) is 25.2. The fraction of sp³-hybridized carbons (Fsp3) is 0.0256. The van der Waals surface area contributed by atoms with Gasteiger partial charge in [0.15, 0.2) is 8.59 Å². The summed E-state index contributed by atoms with van der Waals surface area (Å²) in [6.45, 7) is 0. The number of hydrogen-bond donors (Lipinski definition) is 0. The average molecular weight is 1310 g/mol. The molecule has 0 spiro atoms. The third-order valence-corrected chi connectivity index (χ3v) is 16.6. The predicted octanol–water partition coefficient (Wildman–Crippen LogP) is 23.1. The van der Waals surface area contributed by atoms with Crippen LogP contribution >= 0.6 is 69.6 Å². The Kier molecular flexibility index (Phi) is 16.0. The molecule has 20 bridgehead atoms. The highest BCUT2D eigenvalue weighted by molar-refractivity contribution is 6.63. The first-order valence-electron chi connectivity index (χ1n) is 29.7. The summed E-state index contributed by atoms with van der Waals surface area (Å²) < 4.78 is 7.79. The van der Waals surface area contributed by atoms with E-state index in [0.717, 1.165) is 154 Å². The monoisotopic (exact) mass is 1310 g/mol. The van der Waals surface area contributed by atoms with Crippen LogP contribution in [-0.4, -0.2) is 46.8 Å². The molecule has 14 heteroatoms. The molecule has 0 saturated heterocycles. The SMILES string of the molecule is ClC(Cl)Cl.ClC(Cl)Cl.c1ccc(-n2c3ccc(cc3)n(-c3ccccc3)c3ccc4c(ccc5nc6ccc7cc(ccc7c6nc54)n(-c4ccccc4)c4ccc(cc4)n(-c4ccccc4)c4ccc5c(ccc6nc7ccc8cc2ccc8c7nc65)c4)c3)cc1. The molecule has 8 nitrogen and oxygen atoms in total. The average Bonchev–Trinajstić information content (AvgIpc) is 0.770. The van der Waals surface area contributed by atoms with Crippen molar-refractivity contribution < 1.29 is 0 Å². The maximum atomic E-state index is 5.51. The van der Waals surface area contributed by atoms with E-state index in [1.54, 1.807) is 0 Å². The van der Waals surface area contributed by atoms with Gasteiger partial charge in [-0.25, -0.2) is 19.9 Å². The molecule has 0 aliphatic carbocycles. The Morgan fingerprint density at radius 3 is 0.609 bits per heavy atom. The Hall–Kier alpha value is -9.74. The van der Waals surface area contributed by atoms with Crippen LogP contribution in [0.5, 0.6) is 0 Å². The van der Waals surface area contributed by atoms with Crippen molar-refractivity contribution in [3.8, 4) is 22.7 Å². The molecule has 444 valence electrons. The third-order valence-electron chi connectivity index (χ3n) is 16.6. The lowest BCUT2D eigenvalue weighted by Crippen LogP contribution is -1.99. The first kappa shape index (κ1) is 58.6. The maximum Gasteiger partial charge on any atom is 0.180 e. The van der Waals surface area contributed by atoms with E-state index in [2.05, 4.69) is 309 Å². The summed E-state index contributed by atoms with van der Waals surface area (Å²) >= 11 is 28.8. The number of hydrogen-bond acceptors (Lipinski definition) is 4. The van der Waals surface area contributed by atoms with E-state index in [9.17, 15) is 0 Å². The van der Waals surface area contributed by atoms with Gasteiger partial charge in [-0.2, -0.15) is 0 Å². The zero-order valence-electron chi connectivity index (χ0n) is 48.7. The number of nitrogens with zero attached hydrogens (tertiary/aromatic N) is 8. The quantitative estimate of drug-likeness (QED) is 0.1000. The van der Waals surface area contributed by atoms with Crippen molar-refractivity contribution in [3.63, 3.8) is 0 Å². The first-order chi connectivity index (χ1) is 45.1. The Labute approximate surface area is 557 Å². The number of benzene rings is 14. The number of para-hydroxylation sites is 4. The molecule has 18 aromatic heterocycles. The molecular weight excluding hydrogens is 1260 g/mol. The maximum absolute atomic E-state index is 5.51. The van der Waals surface area contributed by atoms with E-state index in [4.69, 9.17) is 89.5 Å². The van der Waals surface area contributed by atoms with Gasteiger partial charge in [0.2, 0.25) is 0 Å². The molecule has 0 amide bonds. The van der Waals surface area contributed by atoms with Crippen molar-refractivity contribution in [2.24, 2.45) is 0 Å². The van der Waals surface area contributed by atoms with Gasteiger partial charge >= 0.3 is 0 Å². The van der Waals surface area contributed by atoms with Gasteiger partial charge in [-0.3, -0.25) is 0 Å². The van der Waals surface area contributed by atoms with Crippen LogP contribution in [0.1, 0.15) is 0 Å². The van der Waals surface area contributed by atoms with Crippen molar-refractivity contribution in [3.05, 3.63) is 291 Å². The minimum atomic E-state index is -0.750. The fourth-order valence-corrected chi connectivity index (χ4v) is 12.6. The van der Waals surface area contributed by atoms with Crippen LogP contribution in [0.15, 0.2) is 291 Å². The summed E-state index contributed by atoms with van der Waals surface area (Å²) in [6, 6.07) is 104. The van der Waals surface area contributed by atoms with Crippen molar-refractivity contribution >= 4 is 201 Å². The molecule has 32 aromatic rings. The van der Waals surface area contributed by atoms with Gasteiger partial charge in [-0.1, -0.05) is 191 Å². The number of alkyl halides is 6. The molecule has 92 heavy (non-hydrogen) atoms. The van der Waals surface area contributed by atoms with Gasteiger partial charge in [-0.15, -0.1) is 0 Å². The summed E-state index contributed by atoms with van der Waals surface area (Å²) in [5.74, 6) is 0.